The van der Waals surface area contributed by atoms with Gasteiger partial charge in [-0.05, 0) is 45.4 Å². The van der Waals surface area contributed by atoms with E-state index < -0.39 is 17.6 Å². The van der Waals surface area contributed by atoms with Crippen LogP contribution in [0.1, 0.15) is 62.0 Å². The molecule has 1 unspecified atom stereocenters. The molecule has 3 rings (SSSR count). The summed E-state index contributed by atoms with van der Waals surface area (Å²) in [7, 11) is 0. The van der Waals surface area contributed by atoms with Crippen LogP contribution in [0.5, 0.6) is 5.88 Å². The minimum Gasteiger partial charge on any atom is -0.476 e. The summed E-state index contributed by atoms with van der Waals surface area (Å²) in [6.45, 7) is 2.30. The van der Waals surface area contributed by atoms with E-state index in [9.17, 15) is 18.0 Å². The molecule has 0 bridgehead atoms. The number of carbonyl (C=O) groups excluding carboxylic acids is 1. The predicted octanol–water partition coefficient (Wildman–Crippen LogP) is 3.87. The van der Waals surface area contributed by atoms with Gasteiger partial charge >= 0.3 is 12.1 Å². The molecule has 1 saturated carbocycles. The zero-order valence-corrected chi connectivity index (χ0v) is 14.7. The largest absolute Gasteiger partial charge is 0.476 e. The Kier molecular flexibility index (Phi) is 5.45. The van der Waals surface area contributed by atoms with Crippen LogP contribution in [0, 0.1) is 5.41 Å². The standard InChI is InChI=1S/C17H23F3N2O4/c1-2-24-15(23)12-11-22(13-5-3-4-9-25-13)21-14(12)26-10-8-16(6-7-16)17(18,19)20/h11,13H,2-10H2,1H3. The number of rotatable bonds is 7. The van der Waals surface area contributed by atoms with Crippen molar-refractivity contribution in [3.63, 3.8) is 0 Å². The lowest BCUT2D eigenvalue weighted by Crippen LogP contribution is -2.26. The van der Waals surface area contributed by atoms with E-state index in [4.69, 9.17) is 14.2 Å². The number of aromatic nitrogens is 2. The summed E-state index contributed by atoms with van der Waals surface area (Å²) in [5, 5.41) is 4.23. The van der Waals surface area contributed by atoms with E-state index >= 15 is 0 Å². The van der Waals surface area contributed by atoms with Gasteiger partial charge < -0.3 is 14.2 Å². The molecule has 2 fully saturated rings. The van der Waals surface area contributed by atoms with Crippen molar-refractivity contribution in [3.05, 3.63) is 11.8 Å². The van der Waals surface area contributed by atoms with Gasteiger partial charge in [0, 0.05) is 12.8 Å². The lowest BCUT2D eigenvalue weighted by molar-refractivity contribution is -0.190. The molecule has 9 heteroatoms. The molecule has 1 aromatic heterocycles. The molecule has 0 amide bonds. The van der Waals surface area contributed by atoms with Gasteiger partial charge in [-0.15, -0.1) is 5.10 Å². The Morgan fingerprint density at radius 1 is 1.42 bits per heavy atom. The van der Waals surface area contributed by atoms with E-state index in [1.54, 1.807) is 6.92 Å². The van der Waals surface area contributed by atoms with E-state index in [2.05, 4.69) is 5.10 Å². The smallest absolute Gasteiger partial charge is 0.394 e. The van der Waals surface area contributed by atoms with Crippen LogP contribution in [0.3, 0.4) is 0 Å². The molecular weight excluding hydrogens is 353 g/mol. The molecule has 26 heavy (non-hydrogen) atoms. The van der Waals surface area contributed by atoms with E-state index in [-0.39, 0.29) is 50.1 Å². The summed E-state index contributed by atoms with van der Waals surface area (Å²) in [6.07, 6.45) is -0.264. The average molecular weight is 376 g/mol. The highest BCUT2D eigenvalue weighted by atomic mass is 19.4. The number of nitrogens with zero attached hydrogens (tertiary/aromatic N) is 2. The van der Waals surface area contributed by atoms with Gasteiger partial charge in [0.05, 0.1) is 18.6 Å². The average Bonchev–Trinajstić information content (AvgIpc) is 3.28. The van der Waals surface area contributed by atoms with Crippen LogP contribution < -0.4 is 4.74 Å². The molecule has 1 aliphatic heterocycles. The predicted molar refractivity (Wildman–Crippen MR) is 84.9 cm³/mol. The van der Waals surface area contributed by atoms with Gasteiger partial charge in [-0.1, -0.05) is 0 Å². The SMILES string of the molecule is CCOC(=O)c1cn(C2CCCCO2)nc1OCCC1(C(F)(F)F)CC1. The van der Waals surface area contributed by atoms with Crippen molar-refractivity contribution >= 4 is 5.97 Å². The molecule has 2 aliphatic rings. The first-order chi connectivity index (χ1) is 12.4. The van der Waals surface area contributed by atoms with E-state index in [0.29, 0.717) is 6.61 Å². The maximum absolute atomic E-state index is 13.0. The monoisotopic (exact) mass is 376 g/mol. The number of alkyl halides is 3. The van der Waals surface area contributed by atoms with Gasteiger partial charge in [0.1, 0.15) is 11.8 Å². The van der Waals surface area contributed by atoms with Crippen molar-refractivity contribution in [1.82, 2.24) is 9.78 Å². The number of hydrogen-bond donors (Lipinski definition) is 0. The first kappa shape index (κ1) is 19.0. The topological polar surface area (TPSA) is 62.6 Å². The third-order valence-electron chi connectivity index (χ3n) is 4.92. The maximum atomic E-state index is 13.0. The van der Waals surface area contributed by atoms with Crippen molar-refractivity contribution in [3.8, 4) is 5.88 Å². The van der Waals surface area contributed by atoms with Gasteiger partial charge in [-0.25, -0.2) is 9.48 Å². The molecule has 146 valence electrons. The Morgan fingerprint density at radius 2 is 2.19 bits per heavy atom. The minimum atomic E-state index is -4.23. The van der Waals surface area contributed by atoms with Gasteiger partial charge in [0.25, 0.3) is 0 Å². The first-order valence-electron chi connectivity index (χ1n) is 8.94. The van der Waals surface area contributed by atoms with Gasteiger partial charge in [-0.3, -0.25) is 0 Å². The Morgan fingerprint density at radius 3 is 2.77 bits per heavy atom. The highest BCUT2D eigenvalue weighted by Crippen LogP contribution is 2.59. The van der Waals surface area contributed by atoms with Crippen LogP contribution >= 0.6 is 0 Å². The minimum absolute atomic E-state index is 0.00408. The summed E-state index contributed by atoms with van der Waals surface area (Å²) in [4.78, 5) is 12.1. The van der Waals surface area contributed by atoms with Crippen LogP contribution in [-0.2, 0) is 9.47 Å². The summed E-state index contributed by atoms with van der Waals surface area (Å²) in [5.74, 6) is -0.614. The summed E-state index contributed by atoms with van der Waals surface area (Å²) in [6, 6.07) is 0. The van der Waals surface area contributed by atoms with Crippen LogP contribution in [-0.4, -0.2) is 41.7 Å². The van der Waals surface area contributed by atoms with Gasteiger partial charge in [0.15, 0.2) is 0 Å². The van der Waals surface area contributed by atoms with Crippen LogP contribution in [0.15, 0.2) is 6.20 Å². The Balaban J connectivity index is 1.69. The molecule has 0 radical (unpaired) electrons. The molecule has 1 saturated heterocycles. The molecule has 2 heterocycles. The third kappa shape index (κ3) is 3.97. The summed E-state index contributed by atoms with van der Waals surface area (Å²) < 4.78 is 56.6. The lowest BCUT2D eigenvalue weighted by atomic mass is 10.0. The second-order valence-electron chi connectivity index (χ2n) is 6.75. The van der Waals surface area contributed by atoms with Crippen molar-refractivity contribution in [2.24, 2.45) is 5.41 Å². The number of esters is 1. The molecular formula is C17H23F3N2O4. The van der Waals surface area contributed by atoms with Crippen molar-refractivity contribution in [2.75, 3.05) is 19.8 Å². The highest BCUT2D eigenvalue weighted by molar-refractivity contribution is 5.91. The molecule has 0 spiro atoms. The van der Waals surface area contributed by atoms with E-state index in [1.807, 2.05) is 0 Å². The fourth-order valence-electron chi connectivity index (χ4n) is 3.08. The lowest BCUT2D eigenvalue weighted by Gasteiger charge is -2.22. The fourth-order valence-corrected chi connectivity index (χ4v) is 3.08. The summed E-state index contributed by atoms with van der Waals surface area (Å²) >= 11 is 0. The van der Waals surface area contributed by atoms with E-state index in [0.717, 1.165) is 19.3 Å². The number of halogens is 3. The Hall–Kier alpha value is -1.77. The van der Waals surface area contributed by atoms with Crippen molar-refractivity contribution in [1.29, 1.82) is 0 Å². The molecule has 1 aliphatic carbocycles. The zero-order chi connectivity index (χ0) is 18.8. The quantitative estimate of drug-likeness (QED) is 0.676. The van der Waals surface area contributed by atoms with Crippen LogP contribution in [0.25, 0.3) is 0 Å². The highest BCUT2D eigenvalue weighted by Gasteiger charge is 2.62. The Labute approximate surface area is 149 Å². The second-order valence-corrected chi connectivity index (χ2v) is 6.75. The van der Waals surface area contributed by atoms with E-state index in [1.165, 1.54) is 10.9 Å². The molecule has 6 nitrogen and oxygen atoms in total. The molecule has 0 aromatic carbocycles. The fraction of sp³-hybridized carbons (Fsp3) is 0.765. The molecule has 0 N–H and O–H groups in total. The van der Waals surface area contributed by atoms with Crippen molar-refractivity contribution in [2.45, 2.75) is 57.9 Å². The zero-order valence-electron chi connectivity index (χ0n) is 14.7. The van der Waals surface area contributed by atoms with Crippen LogP contribution in [0.4, 0.5) is 13.2 Å². The van der Waals surface area contributed by atoms with Gasteiger partial charge in [-0.2, -0.15) is 13.2 Å². The maximum Gasteiger partial charge on any atom is 0.394 e. The normalized spacial score (nSPS) is 22.1. The number of ether oxygens (including phenoxy) is 3. The second kappa shape index (κ2) is 7.46. The summed E-state index contributed by atoms with van der Waals surface area (Å²) in [5.41, 5.74) is -1.54. The molecule has 1 aromatic rings. The Bertz CT molecular complexity index is 634. The third-order valence-corrected chi connectivity index (χ3v) is 4.92. The van der Waals surface area contributed by atoms with Crippen LogP contribution in [0.2, 0.25) is 0 Å². The molecule has 1 atom stereocenters. The van der Waals surface area contributed by atoms with Gasteiger partial charge in [0.2, 0.25) is 5.88 Å². The first-order valence-corrected chi connectivity index (χ1v) is 8.94. The van der Waals surface area contributed by atoms with Crippen molar-refractivity contribution < 1.29 is 32.2 Å². The number of hydrogen-bond acceptors (Lipinski definition) is 5. The number of carbonyl (C=O) groups is 1.